The Kier molecular flexibility index (Phi) is 5.50. The lowest BCUT2D eigenvalue weighted by Crippen LogP contribution is -2.26. The van der Waals surface area contributed by atoms with Crippen LogP contribution in [0, 0.1) is 0 Å². The number of benzene rings is 2. The highest BCUT2D eigenvalue weighted by Crippen LogP contribution is 2.27. The molecule has 0 radical (unpaired) electrons. The van der Waals surface area contributed by atoms with Gasteiger partial charge in [0.1, 0.15) is 0 Å². The van der Waals surface area contributed by atoms with Crippen LogP contribution in [0.15, 0.2) is 97.1 Å². The molecule has 0 aromatic heterocycles. The fourth-order valence-corrected chi connectivity index (χ4v) is 2.13. The van der Waals surface area contributed by atoms with Crippen molar-refractivity contribution in [3.8, 4) is 0 Å². The predicted octanol–water partition coefficient (Wildman–Crippen LogP) is 5.04. The number of anilines is 2. The SMILES string of the molecule is C=C/C=C\C(=C/C)C(=O)N(c1ccccc1)c1ccccc1. The van der Waals surface area contributed by atoms with Gasteiger partial charge in [0.25, 0.3) is 5.91 Å². The van der Waals surface area contributed by atoms with Crippen molar-refractivity contribution in [1.82, 2.24) is 0 Å². The zero-order chi connectivity index (χ0) is 15.8. The third-order valence-corrected chi connectivity index (χ3v) is 3.20. The second kappa shape index (κ2) is 7.79. The van der Waals surface area contributed by atoms with E-state index in [1.165, 1.54) is 0 Å². The van der Waals surface area contributed by atoms with Crippen LogP contribution in [0.4, 0.5) is 11.4 Å². The van der Waals surface area contributed by atoms with Crippen molar-refractivity contribution in [3.63, 3.8) is 0 Å². The summed E-state index contributed by atoms with van der Waals surface area (Å²) in [4.78, 5) is 14.7. The van der Waals surface area contributed by atoms with E-state index in [2.05, 4.69) is 6.58 Å². The Balaban J connectivity index is 2.48. The Morgan fingerprint density at radius 3 is 1.86 bits per heavy atom. The van der Waals surface area contributed by atoms with Crippen molar-refractivity contribution in [2.45, 2.75) is 6.92 Å². The molecule has 2 aromatic carbocycles. The first-order valence-corrected chi connectivity index (χ1v) is 7.18. The van der Waals surface area contributed by atoms with Crippen molar-refractivity contribution >= 4 is 17.3 Å². The Bertz CT molecular complexity index is 645. The molecule has 0 N–H and O–H groups in total. The Labute approximate surface area is 131 Å². The molecule has 0 saturated heterocycles. The first kappa shape index (κ1) is 15.5. The maximum Gasteiger partial charge on any atom is 0.262 e. The highest BCUT2D eigenvalue weighted by molar-refractivity contribution is 6.12. The van der Waals surface area contributed by atoms with Crippen LogP contribution in [0.25, 0.3) is 0 Å². The number of carbonyl (C=O) groups is 1. The molecular weight excluding hydrogens is 270 g/mol. The fourth-order valence-electron chi connectivity index (χ4n) is 2.13. The van der Waals surface area contributed by atoms with Gasteiger partial charge in [0.15, 0.2) is 0 Å². The molecule has 0 spiro atoms. The van der Waals surface area contributed by atoms with Crippen molar-refractivity contribution < 1.29 is 4.79 Å². The molecule has 0 saturated carbocycles. The monoisotopic (exact) mass is 289 g/mol. The van der Waals surface area contributed by atoms with Crippen molar-refractivity contribution in [2.75, 3.05) is 4.90 Å². The number of rotatable bonds is 5. The topological polar surface area (TPSA) is 20.3 Å². The van der Waals surface area contributed by atoms with Gasteiger partial charge in [-0.25, -0.2) is 0 Å². The number of hydrogen-bond donors (Lipinski definition) is 0. The summed E-state index contributed by atoms with van der Waals surface area (Å²) in [5, 5.41) is 0. The van der Waals surface area contributed by atoms with Crippen LogP contribution in [-0.2, 0) is 4.79 Å². The highest BCUT2D eigenvalue weighted by Gasteiger charge is 2.19. The molecule has 2 rings (SSSR count). The first-order valence-electron chi connectivity index (χ1n) is 7.18. The number of allylic oxidation sites excluding steroid dienone is 3. The standard InChI is InChI=1S/C20H19NO/c1-3-5-12-17(4-2)20(22)21(18-13-8-6-9-14-18)19-15-10-7-11-16-19/h3-16H,1H2,2H3/b12-5-,17-4+. The molecule has 2 aromatic rings. The Morgan fingerprint density at radius 1 is 0.955 bits per heavy atom. The molecule has 2 heteroatoms. The summed E-state index contributed by atoms with van der Waals surface area (Å²) in [6.45, 7) is 5.50. The zero-order valence-electron chi connectivity index (χ0n) is 12.6. The Hall–Kier alpha value is -2.87. The number of para-hydroxylation sites is 2. The average molecular weight is 289 g/mol. The summed E-state index contributed by atoms with van der Waals surface area (Å²) in [6, 6.07) is 19.3. The Morgan fingerprint density at radius 2 is 1.45 bits per heavy atom. The lowest BCUT2D eigenvalue weighted by molar-refractivity contribution is -0.114. The van der Waals surface area contributed by atoms with Crippen LogP contribution in [0.1, 0.15) is 6.92 Å². The molecule has 2 nitrogen and oxygen atoms in total. The van der Waals surface area contributed by atoms with Crippen LogP contribution in [0.3, 0.4) is 0 Å². The molecule has 0 bridgehead atoms. The van der Waals surface area contributed by atoms with Gasteiger partial charge in [0.2, 0.25) is 0 Å². The van der Waals surface area contributed by atoms with E-state index in [9.17, 15) is 4.79 Å². The summed E-state index contributed by atoms with van der Waals surface area (Å²) >= 11 is 0. The second-order valence-corrected chi connectivity index (χ2v) is 4.65. The number of amides is 1. The van der Waals surface area contributed by atoms with E-state index in [1.54, 1.807) is 29.2 Å². The number of hydrogen-bond acceptors (Lipinski definition) is 1. The van der Waals surface area contributed by atoms with E-state index in [4.69, 9.17) is 0 Å². The summed E-state index contributed by atoms with van der Waals surface area (Å²) in [7, 11) is 0. The minimum absolute atomic E-state index is 0.0713. The normalized spacial score (nSPS) is 11.4. The molecule has 22 heavy (non-hydrogen) atoms. The lowest BCUT2D eigenvalue weighted by Gasteiger charge is -2.23. The lowest BCUT2D eigenvalue weighted by atomic mass is 10.1. The summed E-state index contributed by atoms with van der Waals surface area (Å²) in [6.07, 6.45) is 7.00. The van der Waals surface area contributed by atoms with E-state index in [0.717, 1.165) is 11.4 Å². The minimum Gasteiger partial charge on any atom is -0.277 e. The molecule has 1 amide bonds. The van der Waals surface area contributed by atoms with Gasteiger partial charge >= 0.3 is 0 Å². The van der Waals surface area contributed by atoms with Gasteiger partial charge in [-0.15, -0.1) is 0 Å². The molecule has 0 heterocycles. The van der Waals surface area contributed by atoms with Gasteiger partial charge in [0, 0.05) is 16.9 Å². The van der Waals surface area contributed by atoms with Gasteiger partial charge in [-0.1, -0.05) is 61.2 Å². The molecular formula is C20H19NO. The summed E-state index contributed by atoms with van der Waals surface area (Å²) < 4.78 is 0. The molecule has 0 fully saturated rings. The average Bonchev–Trinajstić information content (AvgIpc) is 2.58. The van der Waals surface area contributed by atoms with E-state index in [-0.39, 0.29) is 5.91 Å². The van der Waals surface area contributed by atoms with Crippen LogP contribution >= 0.6 is 0 Å². The van der Waals surface area contributed by atoms with Crippen molar-refractivity contribution in [2.24, 2.45) is 0 Å². The van der Waals surface area contributed by atoms with Gasteiger partial charge in [-0.3, -0.25) is 9.69 Å². The van der Waals surface area contributed by atoms with Crippen molar-refractivity contribution in [1.29, 1.82) is 0 Å². The van der Waals surface area contributed by atoms with E-state index < -0.39 is 0 Å². The smallest absolute Gasteiger partial charge is 0.262 e. The highest BCUT2D eigenvalue weighted by atomic mass is 16.2. The van der Waals surface area contributed by atoms with Crippen molar-refractivity contribution in [3.05, 3.63) is 97.1 Å². The van der Waals surface area contributed by atoms with E-state index in [1.807, 2.05) is 67.6 Å². The molecule has 0 aliphatic rings. The summed E-state index contributed by atoms with van der Waals surface area (Å²) in [5.74, 6) is -0.0713. The minimum atomic E-state index is -0.0713. The molecule has 0 unspecified atom stereocenters. The largest absolute Gasteiger partial charge is 0.277 e. The second-order valence-electron chi connectivity index (χ2n) is 4.65. The van der Waals surface area contributed by atoms with Crippen LogP contribution in [0.5, 0.6) is 0 Å². The fraction of sp³-hybridized carbons (Fsp3) is 0.0500. The van der Waals surface area contributed by atoms with E-state index in [0.29, 0.717) is 5.57 Å². The maximum atomic E-state index is 13.0. The molecule has 0 atom stereocenters. The third-order valence-electron chi connectivity index (χ3n) is 3.20. The maximum absolute atomic E-state index is 13.0. The van der Waals surface area contributed by atoms with Crippen LogP contribution in [0.2, 0.25) is 0 Å². The van der Waals surface area contributed by atoms with Gasteiger partial charge in [0.05, 0.1) is 0 Å². The van der Waals surface area contributed by atoms with Crippen LogP contribution < -0.4 is 4.90 Å². The first-order chi connectivity index (χ1) is 10.8. The quantitative estimate of drug-likeness (QED) is 0.558. The molecule has 0 aliphatic heterocycles. The van der Waals surface area contributed by atoms with Crippen LogP contribution in [-0.4, -0.2) is 5.91 Å². The summed E-state index contributed by atoms with van der Waals surface area (Å²) in [5.41, 5.74) is 2.29. The van der Waals surface area contributed by atoms with Gasteiger partial charge in [-0.05, 0) is 37.3 Å². The molecule has 110 valence electrons. The third kappa shape index (κ3) is 3.61. The van der Waals surface area contributed by atoms with Gasteiger partial charge < -0.3 is 0 Å². The zero-order valence-corrected chi connectivity index (χ0v) is 12.6. The molecule has 0 aliphatic carbocycles. The van der Waals surface area contributed by atoms with E-state index >= 15 is 0 Å². The predicted molar refractivity (Wildman–Crippen MR) is 93.1 cm³/mol. The number of carbonyl (C=O) groups excluding carboxylic acids is 1. The number of nitrogens with zero attached hydrogens (tertiary/aromatic N) is 1. The van der Waals surface area contributed by atoms with Gasteiger partial charge in [-0.2, -0.15) is 0 Å².